The third-order valence-corrected chi connectivity index (χ3v) is 4.36. The molecule has 1 aliphatic rings. The molecule has 2 aromatic rings. The molecule has 0 aliphatic carbocycles. The molecule has 1 nitrogen and oxygen atoms in total. The highest BCUT2D eigenvalue weighted by Crippen LogP contribution is 2.38. The molecule has 1 atom stereocenters. The van der Waals surface area contributed by atoms with E-state index in [1.165, 1.54) is 22.3 Å². The van der Waals surface area contributed by atoms with Gasteiger partial charge in [0.15, 0.2) is 0 Å². The number of aliphatic imine (C=N–C) groups is 1. The van der Waals surface area contributed by atoms with E-state index in [0.717, 1.165) is 5.71 Å². The number of allylic oxidation sites excluding steroid dienone is 1. The summed E-state index contributed by atoms with van der Waals surface area (Å²) in [6, 6.07) is 20.9. The molecule has 0 N–H and O–H groups in total. The third kappa shape index (κ3) is 2.67. The Morgan fingerprint density at radius 1 is 0.864 bits per heavy atom. The van der Waals surface area contributed by atoms with Gasteiger partial charge >= 0.3 is 0 Å². The van der Waals surface area contributed by atoms with E-state index in [2.05, 4.69) is 87.5 Å². The third-order valence-electron chi connectivity index (χ3n) is 4.36. The molecule has 3 rings (SSSR count). The summed E-state index contributed by atoms with van der Waals surface area (Å²) in [5.41, 5.74) is 5.90. The van der Waals surface area contributed by atoms with Crippen molar-refractivity contribution in [2.75, 3.05) is 0 Å². The highest BCUT2D eigenvalue weighted by atomic mass is 14.9. The Morgan fingerprint density at radius 2 is 1.45 bits per heavy atom. The molecule has 0 aromatic heterocycles. The maximum Gasteiger partial charge on any atom is 0.0982 e. The van der Waals surface area contributed by atoms with Crippen molar-refractivity contribution in [1.82, 2.24) is 0 Å². The number of benzene rings is 2. The average Bonchev–Trinajstić information content (AvgIpc) is 2.77. The van der Waals surface area contributed by atoms with Gasteiger partial charge in [-0.3, -0.25) is 4.99 Å². The summed E-state index contributed by atoms with van der Waals surface area (Å²) < 4.78 is 0. The van der Waals surface area contributed by atoms with Gasteiger partial charge in [-0.1, -0.05) is 72.8 Å². The van der Waals surface area contributed by atoms with Crippen molar-refractivity contribution in [3.05, 3.63) is 83.4 Å². The van der Waals surface area contributed by atoms with Crippen LogP contribution in [0.2, 0.25) is 0 Å². The molecule has 0 fully saturated rings. The smallest absolute Gasteiger partial charge is 0.0982 e. The zero-order valence-electron chi connectivity index (χ0n) is 13.4. The molecule has 0 radical (unpaired) electrons. The number of hydrogen-bond acceptors (Lipinski definition) is 1. The molecule has 2 aromatic carbocycles. The first-order valence-corrected chi connectivity index (χ1v) is 7.68. The molecule has 110 valence electrons. The van der Waals surface area contributed by atoms with Crippen LogP contribution in [0, 0.1) is 0 Å². The lowest BCUT2D eigenvalue weighted by molar-refractivity contribution is 0.708. The Balaban J connectivity index is 1.99. The molecule has 0 unspecified atom stereocenters. The highest BCUT2D eigenvalue weighted by molar-refractivity contribution is 6.26. The predicted octanol–water partition coefficient (Wildman–Crippen LogP) is 5.41. The topological polar surface area (TPSA) is 12.4 Å². The lowest BCUT2D eigenvalue weighted by Crippen LogP contribution is -2.17. The second-order valence-corrected chi connectivity index (χ2v) is 5.95. The Kier molecular flexibility index (Phi) is 3.81. The normalized spacial score (nSPS) is 21.5. The summed E-state index contributed by atoms with van der Waals surface area (Å²) >= 11 is 0. The monoisotopic (exact) mass is 287 g/mol. The molecule has 0 spiro atoms. The summed E-state index contributed by atoms with van der Waals surface area (Å²) in [4.78, 5) is 4.93. The van der Waals surface area contributed by atoms with Gasteiger partial charge in [0.2, 0.25) is 0 Å². The maximum atomic E-state index is 4.93. The van der Waals surface area contributed by atoms with Gasteiger partial charge < -0.3 is 0 Å². The molecule has 1 heteroatoms. The number of rotatable bonds is 3. The average molecular weight is 287 g/mol. The van der Waals surface area contributed by atoms with Crippen LogP contribution >= 0.6 is 0 Å². The fourth-order valence-corrected chi connectivity index (χ4v) is 3.03. The van der Waals surface area contributed by atoms with Gasteiger partial charge in [0.05, 0.1) is 5.54 Å². The van der Waals surface area contributed by atoms with Gasteiger partial charge in [-0.2, -0.15) is 0 Å². The second-order valence-electron chi connectivity index (χ2n) is 5.95. The van der Waals surface area contributed by atoms with Gasteiger partial charge in [0.1, 0.15) is 0 Å². The summed E-state index contributed by atoms with van der Waals surface area (Å²) in [7, 11) is 0. The number of nitrogens with zero attached hydrogens (tertiary/aromatic N) is 1. The minimum atomic E-state index is -0.259. The van der Waals surface area contributed by atoms with Crippen molar-refractivity contribution in [2.45, 2.75) is 26.3 Å². The Bertz CT molecular complexity index is 751. The Hall–Kier alpha value is -2.41. The molecule has 0 amide bonds. The molecule has 1 heterocycles. The zero-order chi connectivity index (χ0) is 15.6. The molecular formula is C21H21N. The minimum Gasteiger partial charge on any atom is -0.274 e. The highest BCUT2D eigenvalue weighted by Gasteiger charge is 2.32. The maximum absolute atomic E-state index is 4.93. The largest absolute Gasteiger partial charge is 0.274 e. The summed E-state index contributed by atoms with van der Waals surface area (Å²) in [6.07, 6.45) is 4.37. The Morgan fingerprint density at radius 3 is 2.09 bits per heavy atom. The van der Waals surface area contributed by atoms with Gasteiger partial charge in [-0.05, 0) is 37.5 Å². The van der Waals surface area contributed by atoms with Crippen molar-refractivity contribution in [1.29, 1.82) is 0 Å². The summed E-state index contributed by atoms with van der Waals surface area (Å²) in [5, 5.41) is 0. The molecule has 1 aliphatic heterocycles. The first-order chi connectivity index (χ1) is 10.6. The van der Waals surface area contributed by atoms with Crippen LogP contribution < -0.4 is 0 Å². The van der Waals surface area contributed by atoms with Crippen LogP contribution in [-0.4, -0.2) is 11.3 Å². The first kappa shape index (κ1) is 14.5. The van der Waals surface area contributed by atoms with Crippen LogP contribution in [0.3, 0.4) is 0 Å². The molecule has 0 bridgehead atoms. The quantitative estimate of drug-likeness (QED) is 0.716. The van der Waals surface area contributed by atoms with Crippen molar-refractivity contribution in [3.63, 3.8) is 0 Å². The van der Waals surface area contributed by atoms with E-state index in [9.17, 15) is 0 Å². The van der Waals surface area contributed by atoms with E-state index in [4.69, 9.17) is 4.99 Å². The van der Waals surface area contributed by atoms with Crippen molar-refractivity contribution >= 4 is 17.4 Å². The molecule has 0 saturated carbocycles. The van der Waals surface area contributed by atoms with Gasteiger partial charge in [-0.25, -0.2) is 0 Å². The second kappa shape index (κ2) is 5.76. The van der Waals surface area contributed by atoms with Crippen LogP contribution in [0.25, 0.3) is 11.6 Å². The lowest BCUT2D eigenvalue weighted by Gasteiger charge is -2.19. The minimum absolute atomic E-state index is 0.259. The van der Waals surface area contributed by atoms with Gasteiger partial charge in [0, 0.05) is 11.3 Å². The first-order valence-electron chi connectivity index (χ1n) is 7.68. The summed E-state index contributed by atoms with van der Waals surface area (Å²) in [5.74, 6) is 0. The van der Waals surface area contributed by atoms with Crippen LogP contribution in [0.5, 0.6) is 0 Å². The Labute approximate surface area is 132 Å². The number of hydrogen-bond donors (Lipinski definition) is 0. The fourth-order valence-electron chi connectivity index (χ4n) is 3.03. The fraction of sp³-hybridized carbons (Fsp3) is 0.190. The van der Waals surface area contributed by atoms with Gasteiger partial charge in [0.25, 0.3) is 0 Å². The zero-order valence-corrected chi connectivity index (χ0v) is 13.4. The van der Waals surface area contributed by atoms with E-state index in [-0.39, 0.29) is 5.54 Å². The van der Waals surface area contributed by atoms with Crippen molar-refractivity contribution < 1.29 is 0 Å². The van der Waals surface area contributed by atoms with Crippen molar-refractivity contribution in [2.24, 2.45) is 4.99 Å². The summed E-state index contributed by atoms with van der Waals surface area (Å²) in [6.45, 7) is 6.48. The van der Waals surface area contributed by atoms with Crippen LogP contribution in [0.1, 0.15) is 31.9 Å². The molecule has 22 heavy (non-hydrogen) atoms. The predicted molar refractivity (Wildman–Crippen MR) is 96.0 cm³/mol. The van der Waals surface area contributed by atoms with E-state index in [0.29, 0.717) is 0 Å². The van der Waals surface area contributed by atoms with Crippen LogP contribution in [-0.2, 0) is 0 Å². The van der Waals surface area contributed by atoms with Crippen LogP contribution in [0.4, 0.5) is 0 Å². The van der Waals surface area contributed by atoms with E-state index in [1.54, 1.807) is 0 Å². The SMILES string of the molecule is CC1=N[C@](C)(/C=C/c2ccccc2)C(C)=C1c1ccccc1. The van der Waals surface area contributed by atoms with Crippen molar-refractivity contribution in [3.8, 4) is 0 Å². The molecular weight excluding hydrogens is 266 g/mol. The lowest BCUT2D eigenvalue weighted by atomic mass is 9.88. The van der Waals surface area contributed by atoms with E-state index >= 15 is 0 Å². The van der Waals surface area contributed by atoms with Crippen LogP contribution in [0.15, 0.2) is 77.3 Å². The van der Waals surface area contributed by atoms with E-state index in [1.807, 2.05) is 6.07 Å². The molecule has 0 saturated heterocycles. The van der Waals surface area contributed by atoms with E-state index < -0.39 is 0 Å². The standard InChI is InChI=1S/C21H21N/c1-16-20(19-12-8-5-9-13-19)17(2)22-21(16,3)15-14-18-10-6-4-7-11-18/h4-15H,1-3H3/b15-14+/t21-/m1/s1. The van der Waals surface area contributed by atoms with Gasteiger partial charge in [-0.15, -0.1) is 0 Å².